The number of aryl methyl sites for hydroxylation is 1. The molecular formula is C15H19NO4. The van der Waals surface area contributed by atoms with E-state index in [1.807, 2.05) is 43.3 Å². The smallest absolute Gasteiger partial charge is 0.134 e. The van der Waals surface area contributed by atoms with E-state index in [1.54, 1.807) is 0 Å². The van der Waals surface area contributed by atoms with E-state index in [2.05, 4.69) is 5.16 Å². The summed E-state index contributed by atoms with van der Waals surface area (Å²) in [4.78, 5) is 0. The van der Waals surface area contributed by atoms with Gasteiger partial charge in [-0.1, -0.05) is 23.4 Å². The second-order valence-corrected chi connectivity index (χ2v) is 4.26. The van der Waals surface area contributed by atoms with Gasteiger partial charge in [0.1, 0.15) is 23.8 Å². The summed E-state index contributed by atoms with van der Waals surface area (Å²) in [6, 6.07) is 11.5. The van der Waals surface area contributed by atoms with Gasteiger partial charge < -0.3 is 18.7 Å². The first-order chi connectivity index (χ1) is 9.84. The number of rotatable bonds is 9. The maximum Gasteiger partial charge on any atom is 0.134 e. The molecule has 1 aromatic heterocycles. The highest BCUT2D eigenvalue weighted by Gasteiger charge is 1.99. The molecule has 2 aromatic rings. The highest BCUT2D eigenvalue weighted by molar-refractivity contribution is 5.20. The van der Waals surface area contributed by atoms with Crippen LogP contribution in [-0.2, 0) is 16.1 Å². The lowest BCUT2D eigenvalue weighted by atomic mass is 10.3. The summed E-state index contributed by atoms with van der Waals surface area (Å²) in [5, 5.41) is 3.84. The van der Waals surface area contributed by atoms with Crippen molar-refractivity contribution in [3.63, 3.8) is 0 Å². The van der Waals surface area contributed by atoms with Gasteiger partial charge in [0.2, 0.25) is 0 Å². The molecule has 0 amide bonds. The first-order valence-electron chi connectivity index (χ1n) is 6.60. The predicted octanol–water partition coefficient (Wildman–Crippen LogP) is 2.60. The minimum absolute atomic E-state index is 0.446. The summed E-state index contributed by atoms with van der Waals surface area (Å²) in [5.74, 6) is 1.65. The van der Waals surface area contributed by atoms with Crippen LogP contribution in [0.15, 0.2) is 40.9 Å². The number of ether oxygens (including phenoxy) is 3. The van der Waals surface area contributed by atoms with E-state index in [4.69, 9.17) is 18.7 Å². The lowest BCUT2D eigenvalue weighted by Gasteiger charge is -2.07. The number of benzene rings is 1. The van der Waals surface area contributed by atoms with Gasteiger partial charge in [-0.2, -0.15) is 0 Å². The molecule has 0 saturated heterocycles. The Kier molecular flexibility index (Phi) is 6.07. The number of nitrogens with zero attached hydrogens (tertiary/aromatic N) is 1. The molecule has 0 aliphatic heterocycles. The fourth-order valence-electron chi connectivity index (χ4n) is 1.62. The quantitative estimate of drug-likeness (QED) is 0.659. The molecule has 0 spiro atoms. The van der Waals surface area contributed by atoms with Gasteiger partial charge in [-0.25, -0.2) is 0 Å². The average Bonchev–Trinajstić information content (AvgIpc) is 2.88. The molecular weight excluding hydrogens is 258 g/mol. The molecule has 1 aromatic carbocycles. The third-order valence-corrected chi connectivity index (χ3v) is 2.54. The van der Waals surface area contributed by atoms with Crippen molar-refractivity contribution >= 4 is 0 Å². The molecule has 0 N–H and O–H groups in total. The molecule has 0 unspecified atom stereocenters. The molecule has 0 saturated carbocycles. The van der Waals surface area contributed by atoms with E-state index < -0.39 is 0 Å². The van der Waals surface area contributed by atoms with Gasteiger partial charge in [0.05, 0.1) is 26.4 Å². The summed E-state index contributed by atoms with van der Waals surface area (Å²) >= 11 is 0. The molecule has 0 fully saturated rings. The monoisotopic (exact) mass is 277 g/mol. The second kappa shape index (κ2) is 8.35. The summed E-state index contributed by atoms with van der Waals surface area (Å²) in [5.41, 5.74) is 0.801. The highest BCUT2D eigenvalue weighted by atomic mass is 16.5. The van der Waals surface area contributed by atoms with E-state index in [1.165, 1.54) is 0 Å². The van der Waals surface area contributed by atoms with Crippen molar-refractivity contribution < 1.29 is 18.7 Å². The van der Waals surface area contributed by atoms with Gasteiger partial charge in [-0.05, 0) is 19.1 Å². The molecule has 0 radical (unpaired) electrons. The van der Waals surface area contributed by atoms with E-state index >= 15 is 0 Å². The van der Waals surface area contributed by atoms with Crippen molar-refractivity contribution in [2.75, 3.05) is 26.4 Å². The second-order valence-electron chi connectivity index (χ2n) is 4.26. The first kappa shape index (κ1) is 14.6. The fourth-order valence-corrected chi connectivity index (χ4v) is 1.62. The maximum atomic E-state index is 5.50. The zero-order valence-corrected chi connectivity index (χ0v) is 11.6. The number of para-hydroxylation sites is 1. The van der Waals surface area contributed by atoms with Crippen LogP contribution in [0.4, 0.5) is 0 Å². The molecule has 0 aliphatic carbocycles. The Morgan fingerprint density at radius 2 is 1.75 bits per heavy atom. The molecule has 5 nitrogen and oxygen atoms in total. The summed E-state index contributed by atoms with van der Waals surface area (Å²) in [6.45, 7) is 4.44. The summed E-state index contributed by atoms with van der Waals surface area (Å²) in [7, 11) is 0. The Bertz CT molecular complexity index is 484. The van der Waals surface area contributed by atoms with Crippen LogP contribution in [0.25, 0.3) is 0 Å². The van der Waals surface area contributed by atoms with Gasteiger partial charge in [-0.15, -0.1) is 0 Å². The Morgan fingerprint density at radius 3 is 2.50 bits per heavy atom. The number of hydrogen-bond acceptors (Lipinski definition) is 5. The fraction of sp³-hybridized carbons (Fsp3) is 0.400. The Hall–Kier alpha value is -1.85. The van der Waals surface area contributed by atoms with Crippen molar-refractivity contribution in [1.29, 1.82) is 0 Å². The molecule has 0 bridgehead atoms. The summed E-state index contributed by atoms with van der Waals surface area (Å²) in [6.07, 6.45) is 0. The molecule has 0 atom stereocenters. The third kappa shape index (κ3) is 5.42. The lowest BCUT2D eigenvalue weighted by molar-refractivity contribution is 0.0288. The van der Waals surface area contributed by atoms with Gasteiger partial charge >= 0.3 is 0 Å². The van der Waals surface area contributed by atoms with Crippen LogP contribution in [0.1, 0.15) is 11.5 Å². The predicted molar refractivity (Wildman–Crippen MR) is 73.7 cm³/mol. The van der Waals surface area contributed by atoms with Gasteiger partial charge in [0, 0.05) is 6.07 Å². The SMILES string of the molecule is Cc1cc(COCCOCCOc2ccccc2)no1. The van der Waals surface area contributed by atoms with Crippen LogP contribution in [0.2, 0.25) is 0 Å². The van der Waals surface area contributed by atoms with Gasteiger partial charge in [0.15, 0.2) is 0 Å². The van der Waals surface area contributed by atoms with Crippen LogP contribution >= 0.6 is 0 Å². The Balaban J connectivity index is 1.44. The zero-order chi connectivity index (χ0) is 14.0. The third-order valence-electron chi connectivity index (χ3n) is 2.54. The van der Waals surface area contributed by atoms with Gasteiger partial charge in [-0.3, -0.25) is 0 Å². The van der Waals surface area contributed by atoms with Crippen LogP contribution in [-0.4, -0.2) is 31.6 Å². The molecule has 2 rings (SSSR count). The van der Waals surface area contributed by atoms with Crippen molar-refractivity contribution in [2.24, 2.45) is 0 Å². The van der Waals surface area contributed by atoms with Crippen molar-refractivity contribution in [3.05, 3.63) is 47.9 Å². The van der Waals surface area contributed by atoms with Crippen LogP contribution in [0.5, 0.6) is 5.75 Å². The molecule has 20 heavy (non-hydrogen) atoms. The normalized spacial score (nSPS) is 10.7. The van der Waals surface area contributed by atoms with E-state index in [9.17, 15) is 0 Å². The first-order valence-corrected chi connectivity index (χ1v) is 6.60. The molecule has 5 heteroatoms. The van der Waals surface area contributed by atoms with Gasteiger partial charge in [0.25, 0.3) is 0 Å². The van der Waals surface area contributed by atoms with Crippen LogP contribution in [0.3, 0.4) is 0 Å². The number of aromatic nitrogens is 1. The summed E-state index contributed by atoms with van der Waals surface area (Å²) < 4.78 is 21.2. The van der Waals surface area contributed by atoms with Crippen molar-refractivity contribution in [1.82, 2.24) is 5.16 Å². The molecule has 108 valence electrons. The molecule has 0 aliphatic rings. The van der Waals surface area contributed by atoms with E-state index in [0.29, 0.717) is 33.0 Å². The zero-order valence-electron chi connectivity index (χ0n) is 11.6. The average molecular weight is 277 g/mol. The number of hydrogen-bond donors (Lipinski definition) is 0. The lowest BCUT2D eigenvalue weighted by Crippen LogP contribution is -2.10. The molecule has 1 heterocycles. The maximum absolute atomic E-state index is 5.50. The minimum atomic E-state index is 0.446. The Morgan fingerprint density at radius 1 is 1.00 bits per heavy atom. The minimum Gasteiger partial charge on any atom is -0.491 e. The van der Waals surface area contributed by atoms with Crippen molar-refractivity contribution in [3.8, 4) is 5.75 Å². The van der Waals surface area contributed by atoms with Crippen LogP contribution in [0, 0.1) is 6.92 Å². The van der Waals surface area contributed by atoms with E-state index in [0.717, 1.165) is 17.2 Å². The van der Waals surface area contributed by atoms with Crippen LogP contribution < -0.4 is 4.74 Å². The largest absolute Gasteiger partial charge is 0.491 e. The standard InChI is InChI=1S/C15H19NO4/c1-13-11-14(16-20-13)12-18-8-7-17-9-10-19-15-5-3-2-4-6-15/h2-6,11H,7-10,12H2,1H3. The highest BCUT2D eigenvalue weighted by Crippen LogP contribution is 2.07. The van der Waals surface area contributed by atoms with E-state index in [-0.39, 0.29) is 0 Å². The van der Waals surface area contributed by atoms with Crippen molar-refractivity contribution in [2.45, 2.75) is 13.5 Å². The Labute approximate surface area is 118 Å². The topological polar surface area (TPSA) is 53.7 Å².